The van der Waals surface area contributed by atoms with Gasteiger partial charge in [0.15, 0.2) is 11.4 Å². The minimum absolute atomic E-state index is 0.405. The summed E-state index contributed by atoms with van der Waals surface area (Å²) >= 11 is 1.74. The van der Waals surface area contributed by atoms with E-state index in [0.717, 1.165) is 17.6 Å². The number of thiophene rings is 1. The number of benzene rings is 1. The predicted molar refractivity (Wildman–Crippen MR) is 75.7 cm³/mol. The van der Waals surface area contributed by atoms with Crippen molar-refractivity contribution in [3.63, 3.8) is 0 Å². The highest BCUT2D eigenvalue weighted by atomic mass is 32.1. The van der Waals surface area contributed by atoms with E-state index in [0.29, 0.717) is 18.0 Å². The molecule has 96 valence electrons. The van der Waals surface area contributed by atoms with Crippen molar-refractivity contribution in [3.8, 4) is 16.2 Å². The zero-order chi connectivity index (χ0) is 13.0. The molecule has 0 amide bonds. The molecular weight excluding hydrogens is 260 g/mol. The van der Waals surface area contributed by atoms with Crippen molar-refractivity contribution in [2.24, 2.45) is 0 Å². The van der Waals surface area contributed by atoms with Crippen molar-refractivity contribution in [2.45, 2.75) is 13.3 Å². The minimum atomic E-state index is 0.405. The first-order valence-corrected chi connectivity index (χ1v) is 7.01. The fraction of sp³-hybridized carbons (Fsp3) is 0.214. The molecule has 5 heteroatoms. The lowest BCUT2D eigenvalue weighted by Gasteiger charge is -2.06. The summed E-state index contributed by atoms with van der Waals surface area (Å²) in [5, 5.41) is 6.80. The van der Waals surface area contributed by atoms with Gasteiger partial charge in [-0.25, -0.2) is 0 Å². The highest BCUT2D eigenvalue weighted by Gasteiger charge is 2.25. The Labute approximate surface area is 113 Å². The molecule has 0 fully saturated rings. The lowest BCUT2D eigenvalue weighted by molar-refractivity contribution is 0.360. The molecular formula is C14H12N2O2S. The number of nitrogens with zero attached hydrogens (tertiary/aromatic N) is 1. The van der Waals surface area contributed by atoms with E-state index in [4.69, 9.17) is 15.0 Å². The van der Waals surface area contributed by atoms with Crippen LogP contribution in [0.5, 0.6) is 5.75 Å². The molecule has 4 nitrogen and oxygen atoms in total. The molecule has 4 rings (SSSR count). The normalized spacial score (nSPS) is 13.7. The summed E-state index contributed by atoms with van der Waals surface area (Å²) in [6.07, 6.45) is 0.905. The third kappa shape index (κ3) is 1.48. The second-order valence-corrected chi connectivity index (χ2v) is 5.67. The number of rotatable bonds is 1. The first-order chi connectivity index (χ1) is 9.24. The van der Waals surface area contributed by atoms with Gasteiger partial charge in [0.05, 0.1) is 6.61 Å². The van der Waals surface area contributed by atoms with Gasteiger partial charge in [-0.2, -0.15) is 0 Å². The smallest absolute Gasteiger partial charge is 0.178 e. The van der Waals surface area contributed by atoms with E-state index in [1.165, 1.54) is 21.6 Å². The van der Waals surface area contributed by atoms with E-state index in [9.17, 15) is 0 Å². The quantitative estimate of drug-likeness (QED) is 0.737. The Hall–Kier alpha value is -2.01. The van der Waals surface area contributed by atoms with Crippen molar-refractivity contribution in [1.29, 1.82) is 0 Å². The summed E-state index contributed by atoms with van der Waals surface area (Å²) in [5.74, 6) is 1.25. The van der Waals surface area contributed by atoms with Gasteiger partial charge in [-0.05, 0) is 30.0 Å². The Bertz CT molecular complexity index is 788. The zero-order valence-electron chi connectivity index (χ0n) is 10.4. The van der Waals surface area contributed by atoms with Crippen molar-refractivity contribution >= 4 is 28.1 Å². The number of hydrogen-bond donors (Lipinski definition) is 1. The average molecular weight is 272 g/mol. The molecule has 1 aromatic carbocycles. The molecule has 3 heterocycles. The van der Waals surface area contributed by atoms with Gasteiger partial charge in [0, 0.05) is 22.4 Å². The molecule has 3 aromatic rings. The fourth-order valence-corrected chi connectivity index (χ4v) is 3.53. The summed E-state index contributed by atoms with van der Waals surface area (Å²) < 4.78 is 11.0. The largest absolute Gasteiger partial charge is 0.492 e. The van der Waals surface area contributed by atoms with Gasteiger partial charge in [0.25, 0.3) is 0 Å². The highest BCUT2D eigenvalue weighted by Crippen LogP contribution is 2.44. The van der Waals surface area contributed by atoms with Crippen LogP contribution in [0.2, 0.25) is 0 Å². The Morgan fingerprint density at radius 2 is 2.26 bits per heavy atom. The number of fused-ring (bicyclic) bond motifs is 3. The monoisotopic (exact) mass is 272 g/mol. The van der Waals surface area contributed by atoms with Gasteiger partial charge >= 0.3 is 0 Å². The molecule has 1 aliphatic rings. The number of aryl methyl sites for hydroxylation is 1. The van der Waals surface area contributed by atoms with Crippen LogP contribution in [-0.4, -0.2) is 11.8 Å². The van der Waals surface area contributed by atoms with Crippen LogP contribution in [0.1, 0.15) is 11.1 Å². The van der Waals surface area contributed by atoms with Crippen LogP contribution in [0, 0.1) is 6.92 Å². The van der Waals surface area contributed by atoms with Gasteiger partial charge in [-0.15, -0.1) is 11.3 Å². The lowest BCUT2D eigenvalue weighted by atomic mass is 10.0. The number of nitrogen functional groups attached to an aromatic ring is 1. The molecule has 0 aliphatic carbocycles. The Kier molecular flexibility index (Phi) is 2.14. The lowest BCUT2D eigenvalue weighted by Crippen LogP contribution is -1.89. The second-order valence-electron chi connectivity index (χ2n) is 4.76. The maximum atomic E-state index is 5.86. The first kappa shape index (κ1) is 10.9. The maximum absolute atomic E-state index is 5.86. The van der Waals surface area contributed by atoms with E-state index in [1.54, 1.807) is 11.3 Å². The van der Waals surface area contributed by atoms with E-state index >= 15 is 0 Å². The topological polar surface area (TPSA) is 61.3 Å². The summed E-state index contributed by atoms with van der Waals surface area (Å²) in [6, 6.07) is 4.21. The Morgan fingerprint density at radius 1 is 1.37 bits per heavy atom. The molecule has 2 N–H and O–H groups in total. The SMILES string of the molecule is Cc1csc(-c2cc3onc(N)c3c3c2CCO3)c1. The average Bonchev–Trinajstić information content (AvgIpc) is 3.08. The van der Waals surface area contributed by atoms with Crippen LogP contribution < -0.4 is 10.5 Å². The number of hydrogen-bond acceptors (Lipinski definition) is 5. The predicted octanol–water partition coefficient (Wildman–Crippen LogP) is 3.38. The Balaban J connectivity index is 2.07. The summed E-state index contributed by atoms with van der Waals surface area (Å²) in [6.45, 7) is 2.79. The van der Waals surface area contributed by atoms with Crippen LogP contribution in [0.25, 0.3) is 21.4 Å². The van der Waals surface area contributed by atoms with E-state index in [1.807, 2.05) is 6.07 Å². The van der Waals surface area contributed by atoms with Gasteiger partial charge in [-0.3, -0.25) is 0 Å². The van der Waals surface area contributed by atoms with E-state index < -0.39 is 0 Å². The molecule has 0 unspecified atom stereocenters. The van der Waals surface area contributed by atoms with Crippen LogP contribution in [0.4, 0.5) is 5.82 Å². The van der Waals surface area contributed by atoms with Crippen LogP contribution in [0.15, 0.2) is 22.0 Å². The van der Waals surface area contributed by atoms with Crippen molar-refractivity contribution in [3.05, 3.63) is 28.6 Å². The molecule has 19 heavy (non-hydrogen) atoms. The van der Waals surface area contributed by atoms with Crippen molar-refractivity contribution in [1.82, 2.24) is 5.16 Å². The molecule has 1 aliphatic heterocycles. The third-order valence-corrected chi connectivity index (χ3v) is 4.52. The van der Waals surface area contributed by atoms with Crippen LogP contribution >= 0.6 is 11.3 Å². The van der Waals surface area contributed by atoms with Crippen molar-refractivity contribution < 1.29 is 9.26 Å². The van der Waals surface area contributed by atoms with Crippen LogP contribution in [-0.2, 0) is 6.42 Å². The highest BCUT2D eigenvalue weighted by molar-refractivity contribution is 7.13. The molecule has 0 spiro atoms. The number of aromatic nitrogens is 1. The molecule has 0 saturated carbocycles. The molecule has 0 saturated heterocycles. The first-order valence-electron chi connectivity index (χ1n) is 6.13. The molecule has 0 bridgehead atoms. The van der Waals surface area contributed by atoms with Gasteiger partial charge in [0.1, 0.15) is 11.1 Å². The third-order valence-electron chi connectivity index (χ3n) is 3.44. The summed E-state index contributed by atoms with van der Waals surface area (Å²) in [5.41, 5.74) is 10.2. The van der Waals surface area contributed by atoms with Crippen LogP contribution in [0.3, 0.4) is 0 Å². The maximum Gasteiger partial charge on any atom is 0.178 e. The van der Waals surface area contributed by atoms with Gasteiger partial charge < -0.3 is 15.0 Å². The minimum Gasteiger partial charge on any atom is -0.492 e. The van der Waals surface area contributed by atoms with Gasteiger partial charge in [0.2, 0.25) is 0 Å². The standard InChI is InChI=1S/C14H12N2O2S/c1-7-4-11(19-6-7)9-5-10-12(14(15)16-18-10)13-8(9)2-3-17-13/h4-6H,2-3H2,1H3,(H2,15,16). The molecule has 0 atom stereocenters. The van der Waals surface area contributed by atoms with Crippen molar-refractivity contribution in [2.75, 3.05) is 12.3 Å². The van der Waals surface area contributed by atoms with Gasteiger partial charge in [-0.1, -0.05) is 5.16 Å². The molecule has 2 aromatic heterocycles. The fourth-order valence-electron chi connectivity index (χ4n) is 2.59. The zero-order valence-corrected chi connectivity index (χ0v) is 11.2. The number of ether oxygens (including phenoxy) is 1. The summed E-state index contributed by atoms with van der Waals surface area (Å²) in [4.78, 5) is 1.23. The summed E-state index contributed by atoms with van der Waals surface area (Å²) in [7, 11) is 0. The number of anilines is 1. The molecule has 0 radical (unpaired) electrons. The Morgan fingerprint density at radius 3 is 3.05 bits per heavy atom. The second kappa shape index (κ2) is 3.74. The van der Waals surface area contributed by atoms with E-state index in [-0.39, 0.29) is 0 Å². The number of nitrogens with two attached hydrogens (primary N) is 1. The van der Waals surface area contributed by atoms with E-state index in [2.05, 4.69) is 23.5 Å².